The molecule has 2 nitrogen and oxygen atoms in total. The van der Waals surface area contributed by atoms with E-state index in [0.717, 1.165) is 3.57 Å². The molecule has 1 aromatic heterocycles. The highest BCUT2D eigenvalue weighted by molar-refractivity contribution is 14.1. The Morgan fingerprint density at radius 2 is 1.68 bits per heavy atom. The number of hydrogen-bond acceptors (Lipinski definition) is 2. The number of rotatable bonds is 1. The monoisotopic (exact) mass is 408 g/mol. The second-order valence-corrected chi connectivity index (χ2v) is 5.18. The van der Waals surface area contributed by atoms with Crippen LogP contribution in [-0.4, -0.2) is 16.1 Å². The minimum atomic E-state index is -5.77. The number of benzene rings is 1. The first-order valence-corrected chi connectivity index (χ1v) is 6.16. The largest absolute Gasteiger partial charge is 0.461 e. The van der Waals surface area contributed by atoms with E-state index >= 15 is 0 Å². The van der Waals surface area contributed by atoms with E-state index in [4.69, 9.17) is 11.6 Å². The fraction of sp³-hybridized carbons (Fsp3) is 0.200. The van der Waals surface area contributed by atoms with E-state index in [0.29, 0.717) is 0 Å². The Balaban J connectivity index is 2.68. The lowest BCUT2D eigenvalue weighted by atomic mass is 10.2. The molecule has 102 valence electrons. The fourth-order valence-electron chi connectivity index (χ4n) is 1.33. The molecule has 0 spiro atoms. The van der Waals surface area contributed by atoms with Crippen LogP contribution in [0.5, 0.6) is 0 Å². The van der Waals surface area contributed by atoms with Gasteiger partial charge in [0.05, 0.1) is 5.52 Å². The Labute approximate surface area is 122 Å². The Hall–Kier alpha value is -0.770. The molecule has 0 atom stereocenters. The normalized spacial score (nSPS) is 13.0. The molecule has 0 unspecified atom stereocenters. The Morgan fingerprint density at radius 3 is 2.26 bits per heavy atom. The zero-order chi connectivity index (χ0) is 14.4. The first-order valence-electron chi connectivity index (χ1n) is 4.71. The molecule has 0 saturated heterocycles. The van der Waals surface area contributed by atoms with E-state index in [2.05, 4.69) is 9.97 Å². The molecule has 1 heterocycles. The Kier molecular flexibility index (Phi) is 3.58. The summed E-state index contributed by atoms with van der Waals surface area (Å²) >= 11 is 7.58. The molecular formula is C10H3ClF5IN2. The highest BCUT2D eigenvalue weighted by Crippen LogP contribution is 2.43. The van der Waals surface area contributed by atoms with Crippen molar-refractivity contribution in [3.8, 4) is 0 Å². The first-order chi connectivity index (χ1) is 8.63. The smallest absolute Gasteiger partial charge is 0.227 e. The lowest BCUT2D eigenvalue weighted by Crippen LogP contribution is -2.35. The van der Waals surface area contributed by atoms with Gasteiger partial charge >= 0.3 is 12.1 Å². The van der Waals surface area contributed by atoms with Crippen LogP contribution in [0, 0.1) is 3.57 Å². The van der Waals surface area contributed by atoms with Gasteiger partial charge in [0.1, 0.15) is 5.15 Å². The fourth-order valence-corrected chi connectivity index (χ4v) is 2.05. The predicted molar refractivity (Wildman–Crippen MR) is 67.2 cm³/mol. The van der Waals surface area contributed by atoms with Gasteiger partial charge in [0, 0.05) is 8.96 Å². The van der Waals surface area contributed by atoms with Gasteiger partial charge in [0.15, 0.2) is 0 Å². The summed E-state index contributed by atoms with van der Waals surface area (Å²) in [7, 11) is 0. The van der Waals surface area contributed by atoms with Crippen molar-refractivity contribution < 1.29 is 22.0 Å². The molecule has 0 amide bonds. The van der Waals surface area contributed by atoms with Crippen molar-refractivity contribution in [2.24, 2.45) is 0 Å². The average Bonchev–Trinajstić information content (AvgIpc) is 2.28. The van der Waals surface area contributed by atoms with Gasteiger partial charge in [-0.2, -0.15) is 22.0 Å². The number of nitrogens with zero attached hydrogens (tertiary/aromatic N) is 2. The zero-order valence-corrected chi connectivity index (χ0v) is 11.7. The summed E-state index contributed by atoms with van der Waals surface area (Å²) < 4.78 is 63.7. The van der Waals surface area contributed by atoms with Crippen molar-refractivity contribution in [1.29, 1.82) is 0 Å². The first kappa shape index (κ1) is 14.6. The van der Waals surface area contributed by atoms with Crippen molar-refractivity contribution >= 4 is 45.1 Å². The maximum Gasteiger partial charge on any atom is 0.461 e. The highest BCUT2D eigenvalue weighted by atomic mass is 127. The lowest BCUT2D eigenvalue weighted by molar-refractivity contribution is -0.292. The van der Waals surface area contributed by atoms with E-state index in [-0.39, 0.29) is 10.9 Å². The summed E-state index contributed by atoms with van der Waals surface area (Å²) in [6.07, 6.45) is -5.77. The molecular weight excluding hydrogens is 405 g/mol. The minimum absolute atomic E-state index is 0.0701. The standard InChI is InChI=1S/C10H3ClF5IN2/c11-7-5-3-4(17)1-2-6(5)18-8(19-7)9(12,13)10(14,15)16/h1-3H. The van der Waals surface area contributed by atoms with Crippen LogP contribution >= 0.6 is 34.2 Å². The van der Waals surface area contributed by atoms with Crippen molar-refractivity contribution in [3.63, 3.8) is 0 Å². The highest BCUT2D eigenvalue weighted by Gasteiger charge is 2.61. The average molecular weight is 408 g/mol. The van der Waals surface area contributed by atoms with Gasteiger partial charge in [-0.05, 0) is 40.8 Å². The van der Waals surface area contributed by atoms with Crippen LogP contribution in [0.4, 0.5) is 22.0 Å². The number of aromatic nitrogens is 2. The van der Waals surface area contributed by atoms with E-state index in [9.17, 15) is 22.0 Å². The Morgan fingerprint density at radius 1 is 1.05 bits per heavy atom. The quantitative estimate of drug-likeness (QED) is 0.393. The van der Waals surface area contributed by atoms with Gasteiger partial charge < -0.3 is 0 Å². The van der Waals surface area contributed by atoms with E-state index in [1.165, 1.54) is 18.2 Å². The van der Waals surface area contributed by atoms with Gasteiger partial charge in [0.2, 0.25) is 5.82 Å². The second kappa shape index (κ2) is 4.65. The van der Waals surface area contributed by atoms with Crippen LogP contribution in [0.2, 0.25) is 5.15 Å². The molecule has 0 aliphatic rings. The maximum atomic E-state index is 13.1. The molecule has 0 bridgehead atoms. The second-order valence-electron chi connectivity index (χ2n) is 3.57. The number of alkyl halides is 5. The molecule has 0 aliphatic carbocycles. The molecule has 0 N–H and O–H groups in total. The van der Waals surface area contributed by atoms with Gasteiger partial charge in [-0.3, -0.25) is 0 Å². The molecule has 0 radical (unpaired) electrons. The van der Waals surface area contributed by atoms with Crippen LogP contribution in [0.3, 0.4) is 0 Å². The summed E-state index contributed by atoms with van der Waals surface area (Å²) in [4.78, 5) is 6.31. The van der Waals surface area contributed by atoms with Crippen molar-refractivity contribution in [3.05, 3.63) is 32.7 Å². The summed E-state index contributed by atoms with van der Waals surface area (Å²) in [5.41, 5.74) is -0.0701. The maximum absolute atomic E-state index is 13.1. The van der Waals surface area contributed by atoms with Crippen LogP contribution in [0.1, 0.15) is 5.82 Å². The van der Waals surface area contributed by atoms with Crippen LogP contribution in [0.15, 0.2) is 18.2 Å². The lowest BCUT2D eigenvalue weighted by Gasteiger charge is -2.18. The third kappa shape index (κ3) is 2.60. The Bertz CT molecular complexity index is 644. The summed E-state index contributed by atoms with van der Waals surface area (Å²) in [5.74, 6) is -6.80. The van der Waals surface area contributed by atoms with Crippen LogP contribution in [0.25, 0.3) is 10.9 Å². The van der Waals surface area contributed by atoms with E-state index in [1.54, 1.807) is 0 Å². The van der Waals surface area contributed by atoms with Gasteiger partial charge in [0.25, 0.3) is 0 Å². The van der Waals surface area contributed by atoms with Crippen molar-refractivity contribution in [1.82, 2.24) is 9.97 Å². The molecule has 2 aromatic rings. The number of hydrogen-bond donors (Lipinski definition) is 0. The number of fused-ring (bicyclic) bond motifs is 1. The van der Waals surface area contributed by atoms with E-state index < -0.39 is 23.1 Å². The topological polar surface area (TPSA) is 25.8 Å². The van der Waals surface area contributed by atoms with Gasteiger partial charge in [-0.15, -0.1) is 0 Å². The summed E-state index contributed by atoms with van der Waals surface area (Å²) in [6.45, 7) is 0. The van der Waals surface area contributed by atoms with Crippen molar-refractivity contribution in [2.45, 2.75) is 12.1 Å². The molecule has 2 rings (SSSR count). The van der Waals surface area contributed by atoms with Crippen LogP contribution in [-0.2, 0) is 5.92 Å². The minimum Gasteiger partial charge on any atom is -0.227 e. The zero-order valence-electron chi connectivity index (χ0n) is 8.77. The van der Waals surface area contributed by atoms with E-state index in [1.807, 2.05) is 22.6 Å². The van der Waals surface area contributed by atoms with Crippen molar-refractivity contribution in [2.75, 3.05) is 0 Å². The molecule has 0 aliphatic heterocycles. The van der Waals surface area contributed by atoms with Crippen LogP contribution < -0.4 is 0 Å². The molecule has 1 aromatic carbocycles. The summed E-state index contributed by atoms with van der Waals surface area (Å²) in [6, 6.07) is 4.32. The van der Waals surface area contributed by atoms with Gasteiger partial charge in [-0.25, -0.2) is 9.97 Å². The van der Waals surface area contributed by atoms with Gasteiger partial charge in [-0.1, -0.05) is 11.6 Å². The SMILES string of the molecule is FC(F)(F)C(F)(F)c1nc(Cl)c2cc(I)ccc2n1. The summed E-state index contributed by atoms with van der Waals surface area (Å²) in [5, 5.41) is -0.224. The predicted octanol–water partition coefficient (Wildman–Crippen LogP) is 4.54. The third-order valence-corrected chi connectivity index (χ3v) is 3.21. The molecule has 19 heavy (non-hydrogen) atoms. The number of halogens is 7. The molecule has 9 heteroatoms. The molecule has 0 saturated carbocycles. The molecule has 0 fully saturated rings. The third-order valence-electron chi connectivity index (χ3n) is 2.25.